The number of thiazole rings is 1. The first-order valence-electron chi connectivity index (χ1n) is 5.94. The zero-order valence-corrected chi connectivity index (χ0v) is 11.8. The van der Waals surface area contributed by atoms with Gasteiger partial charge in [0.1, 0.15) is 0 Å². The molecule has 4 heteroatoms. The van der Waals surface area contributed by atoms with Crippen LogP contribution >= 0.6 is 11.3 Å². The largest absolute Gasteiger partial charge is 0.348 e. The number of aromatic nitrogens is 1. The number of hydrogen-bond donors (Lipinski definition) is 1. The summed E-state index contributed by atoms with van der Waals surface area (Å²) in [5, 5.41) is 4.35. The van der Waals surface area contributed by atoms with E-state index in [1.807, 2.05) is 18.4 Å². The molecule has 1 aromatic heterocycles. The summed E-state index contributed by atoms with van der Waals surface area (Å²) in [7, 11) is 1.98. The number of nitrogens with zero attached hydrogens (tertiary/aromatic N) is 2. The van der Waals surface area contributed by atoms with Crippen molar-refractivity contribution < 1.29 is 0 Å². The molecule has 0 amide bonds. The molecule has 0 aliphatic rings. The van der Waals surface area contributed by atoms with Gasteiger partial charge in [-0.2, -0.15) is 0 Å². The van der Waals surface area contributed by atoms with Crippen molar-refractivity contribution in [2.75, 3.05) is 25.0 Å². The van der Waals surface area contributed by atoms with Crippen LogP contribution in [0.2, 0.25) is 0 Å². The van der Waals surface area contributed by atoms with Gasteiger partial charge in [-0.15, -0.1) is 11.3 Å². The Morgan fingerprint density at radius 1 is 1.44 bits per heavy atom. The van der Waals surface area contributed by atoms with Crippen molar-refractivity contribution in [2.45, 2.75) is 34.2 Å². The number of rotatable bonds is 6. The van der Waals surface area contributed by atoms with Crippen molar-refractivity contribution in [3.63, 3.8) is 0 Å². The summed E-state index contributed by atoms with van der Waals surface area (Å²) in [6.45, 7) is 11.8. The summed E-state index contributed by atoms with van der Waals surface area (Å²) in [5.41, 5.74) is 1.16. The van der Waals surface area contributed by atoms with E-state index in [0.29, 0.717) is 5.92 Å². The molecule has 0 radical (unpaired) electrons. The van der Waals surface area contributed by atoms with Crippen LogP contribution in [0, 0.1) is 12.8 Å². The van der Waals surface area contributed by atoms with Crippen molar-refractivity contribution >= 4 is 16.5 Å². The molecule has 0 atom stereocenters. The summed E-state index contributed by atoms with van der Waals surface area (Å²) >= 11 is 1.81. The Balaban J connectivity index is 2.80. The fraction of sp³-hybridized carbons (Fsp3) is 0.750. The third-order valence-electron chi connectivity index (χ3n) is 2.46. The van der Waals surface area contributed by atoms with E-state index < -0.39 is 0 Å². The van der Waals surface area contributed by atoms with Crippen molar-refractivity contribution in [3.05, 3.63) is 10.6 Å². The Morgan fingerprint density at radius 3 is 2.62 bits per heavy atom. The van der Waals surface area contributed by atoms with Crippen molar-refractivity contribution in [1.82, 2.24) is 10.3 Å². The summed E-state index contributed by atoms with van der Waals surface area (Å²) < 4.78 is 0. The van der Waals surface area contributed by atoms with E-state index in [1.165, 1.54) is 10.0 Å². The summed E-state index contributed by atoms with van der Waals surface area (Å²) in [6.07, 6.45) is 0. The van der Waals surface area contributed by atoms with Crippen molar-refractivity contribution in [1.29, 1.82) is 0 Å². The molecule has 16 heavy (non-hydrogen) atoms. The number of aryl methyl sites for hydroxylation is 1. The molecule has 0 fully saturated rings. The maximum absolute atomic E-state index is 4.66. The van der Waals surface area contributed by atoms with Gasteiger partial charge in [0.2, 0.25) is 0 Å². The van der Waals surface area contributed by atoms with Crippen LogP contribution in [0.15, 0.2) is 0 Å². The minimum absolute atomic E-state index is 0.678. The van der Waals surface area contributed by atoms with Gasteiger partial charge in [-0.1, -0.05) is 13.8 Å². The number of nitrogens with one attached hydrogen (secondary N) is 1. The van der Waals surface area contributed by atoms with Gasteiger partial charge in [0.25, 0.3) is 0 Å². The second-order valence-corrected chi connectivity index (χ2v) is 5.53. The molecule has 1 heterocycles. The van der Waals surface area contributed by atoms with E-state index >= 15 is 0 Å². The third kappa shape index (κ3) is 3.46. The van der Waals surface area contributed by atoms with Gasteiger partial charge in [-0.25, -0.2) is 4.98 Å². The highest BCUT2D eigenvalue weighted by Crippen LogP contribution is 2.26. The molecule has 0 aliphatic heterocycles. The van der Waals surface area contributed by atoms with Crippen LogP contribution in [-0.4, -0.2) is 25.1 Å². The predicted octanol–water partition coefficient (Wildman–Crippen LogP) is 2.65. The van der Waals surface area contributed by atoms with Crippen LogP contribution in [0.25, 0.3) is 0 Å². The average molecular weight is 241 g/mol. The highest BCUT2D eigenvalue weighted by molar-refractivity contribution is 7.15. The fourth-order valence-electron chi connectivity index (χ4n) is 1.66. The topological polar surface area (TPSA) is 28.2 Å². The molecule has 1 rings (SSSR count). The highest BCUT2D eigenvalue weighted by atomic mass is 32.1. The van der Waals surface area contributed by atoms with E-state index in [9.17, 15) is 0 Å². The first kappa shape index (κ1) is 13.5. The Hall–Kier alpha value is -0.610. The standard InChI is InChI=1S/C12H23N3S/c1-6-15(8-9(2)3)12-14-10(4)11(16-12)7-13-5/h9,13H,6-8H2,1-5H3. The lowest BCUT2D eigenvalue weighted by Crippen LogP contribution is -2.26. The molecule has 0 unspecified atom stereocenters. The van der Waals surface area contributed by atoms with Crippen LogP contribution in [0.3, 0.4) is 0 Å². The lowest BCUT2D eigenvalue weighted by Gasteiger charge is -2.21. The minimum Gasteiger partial charge on any atom is -0.348 e. The molecule has 3 nitrogen and oxygen atoms in total. The molecular weight excluding hydrogens is 218 g/mol. The van der Waals surface area contributed by atoms with Crippen LogP contribution in [-0.2, 0) is 6.54 Å². The van der Waals surface area contributed by atoms with Crippen LogP contribution in [0.1, 0.15) is 31.3 Å². The Bertz CT molecular complexity index is 320. The van der Waals surface area contributed by atoms with Crippen molar-refractivity contribution in [3.8, 4) is 0 Å². The second-order valence-electron chi connectivity index (χ2n) is 4.47. The van der Waals surface area contributed by atoms with E-state index in [4.69, 9.17) is 0 Å². The normalized spacial score (nSPS) is 11.1. The molecule has 1 aromatic rings. The van der Waals surface area contributed by atoms with E-state index in [-0.39, 0.29) is 0 Å². The predicted molar refractivity (Wildman–Crippen MR) is 72.3 cm³/mol. The molecule has 0 aromatic carbocycles. The number of anilines is 1. The average Bonchev–Trinajstić information content (AvgIpc) is 2.57. The molecule has 0 saturated heterocycles. The first-order valence-corrected chi connectivity index (χ1v) is 6.76. The van der Waals surface area contributed by atoms with E-state index in [2.05, 4.69) is 42.9 Å². The molecule has 0 saturated carbocycles. The molecular formula is C12H23N3S. The lowest BCUT2D eigenvalue weighted by molar-refractivity contribution is 0.617. The van der Waals surface area contributed by atoms with Gasteiger partial charge in [-0.05, 0) is 26.8 Å². The Labute approximate surface area is 103 Å². The van der Waals surface area contributed by atoms with Gasteiger partial charge in [0.05, 0.1) is 5.69 Å². The molecule has 0 aliphatic carbocycles. The van der Waals surface area contributed by atoms with Crippen LogP contribution in [0.4, 0.5) is 5.13 Å². The Morgan fingerprint density at radius 2 is 2.12 bits per heavy atom. The maximum Gasteiger partial charge on any atom is 0.185 e. The maximum atomic E-state index is 4.66. The summed E-state index contributed by atoms with van der Waals surface area (Å²) in [6, 6.07) is 0. The fourth-order valence-corrected chi connectivity index (χ4v) is 2.80. The van der Waals surface area contributed by atoms with Crippen molar-refractivity contribution in [2.24, 2.45) is 5.92 Å². The van der Waals surface area contributed by atoms with Crippen LogP contribution in [0.5, 0.6) is 0 Å². The lowest BCUT2D eigenvalue weighted by atomic mass is 10.2. The molecule has 1 N–H and O–H groups in total. The SMILES string of the molecule is CCN(CC(C)C)c1nc(C)c(CNC)s1. The smallest absolute Gasteiger partial charge is 0.185 e. The molecule has 92 valence electrons. The zero-order chi connectivity index (χ0) is 12.1. The van der Waals surface area contributed by atoms with Gasteiger partial charge >= 0.3 is 0 Å². The van der Waals surface area contributed by atoms with Crippen LogP contribution < -0.4 is 10.2 Å². The third-order valence-corrected chi connectivity index (χ3v) is 3.67. The minimum atomic E-state index is 0.678. The highest BCUT2D eigenvalue weighted by Gasteiger charge is 2.13. The summed E-state index contributed by atoms with van der Waals surface area (Å²) in [5.74, 6) is 0.678. The van der Waals surface area contributed by atoms with Gasteiger partial charge < -0.3 is 10.2 Å². The van der Waals surface area contributed by atoms with Gasteiger partial charge in [0.15, 0.2) is 5.13 Å². The second kappa shape index (κ2) is 6.21. The Kier molecular flexibility index (Phi) is 5.22. The first-order chi connectivity index (χ1) is 7.58. The summed E-state index contributed by atoms with van der Waals surface area (Å²) in [4.78, 5) is 8.37. The monoisotopic (exact) mass is 241 g/mol. The van der Waals surface area contributed by atoms with Gasteiger partial charge in [-0.3, -0.25) is 0 Å². The molecule has 0 bridgehead atoms. The van der Waals surface area contributed by atoms with E-state index in [1.54, 1.807) is 0 Å². The van der Waals surface area contributed by atoms with E-state index in [0.717, 1.165) is 25.3 Å². The quantitative estimate of drug-likeness (QED) is 0.830. The van der Waals surface area contributed by atoms with Gasteiger partial charge in [0, 0.05) is 24.5 Å². The molecule has 0 spiro atoms. The zero-order valence-electron chi connectivity index (χ0n) is 11.0. The number of hydrogen-bond acceptors (Lipinski definition) is 4.